The third-order valence-electron chi connectivity index (χ3n) is 2.43. The molecule has 0 fully saturated rings. The van der Waals surface area contributed by atoms with Gasteiger partial charge in [0.15, 0.2) is 10.1 Å². The normalized spacial score (nSPS) is 12.1. The van der Waals surface area contributed by atoms with E-state index in [0.717, 1.165) is 6.07 Å². The van der Waals surface area contributed by atoms with Gasteiger partial charge in [-0.3, -0.25) is 14.6 Å². The van der Waals surface area contributed by atoms with E-state index in [1.54, 1.807) is 21.1 Å². The van der Waals surface area contributed by atoms with Gasteiger partial charge < -0.3 is 9.66 Å². The van der Waals surface area contributed by atoms with Gasteiger partial charge >= 0.3 is 17.2 Å². The average Bonchev–Trinajstić information content (AvgIpc) is 2.35. The highest BCUT2D eigenvalue weighted by Gasteiger charge is 2.36. The van der Waals surface area contributed by atoms with Crippen LogP contribution in [0, 0.1) is 10.1 Å². The Labute approximate surface area is 134 Å². The van der Waals surface area contributed by atoms with Crippen molar-refractivity contribution in [1.29, 1.82) is 0 Å². The molecule has 0 aliphatic carbocycles. The topological polar surface area (TPSA) is 138 Å². The van der Waals surface area contributed by atoms with E-state index in [4.69, 9.17) is 18.1 Å². The van der Waals surface area contributed by atoms with Gasteiger partial charge in [-0.15, -0.1) is 0 Å². The number of rotatable bonds is 3. The smallest absolute Gasteiger partial charge is 0.485 e. The zero-order chi connectivity index (χ0) is 19.5. The van der Waals surface area contributed by atoms with Crippen molar-refractivity contribution in [2.75, 3.05) is 21.1 Å². The van der Waals surface area contributed by atoms with Gasteiger partial charge in [-0.2, -0.15) is 13.2 Å². The molecule has 0 aliphatic heterocycles. The van der Waals surface area contributed by atoms with Crippen LogP contribution in [0.15, 0.2) is 18.2 Å². The number of nitro benzene ring substituents is 1. The van der Waals surface area contributed by atoms with Gasteiger partial charge in [-0.1, -0.05) is 0 Å². The van der Waals surface area contributed by atoms with Crippen LogP contribution in [0.2, 0.25) is 0 Å². The van der Waals surface area contributed by atoms with Crippen molar-refractivity contribution in [3.8, 4) is 0 Å². The fourth-order valence-corrected chi connectivity index (χ4v) is 1.37. The zero-order valence-electron chi connectivity index (χ0n) is 12.6. The lowest BCUT2D eigenvalue weighted by Crippen LogP contribution is -2.35. The molecule has 1 N–H and O–H groups in total. The average molecular weight is 374 g/mol. The van der Waals surface area contributed by atoms with Crippen LogP contribution in [0.25, 0.3) is 0 Å². The summed E-state index contributed by atoms with van der Waals surface area (Å²) in [6, 6.07) is 3.93. The summed E-state index contributed by atoms with van der Waals surface area (Å²) < 4.78 is 59.2. The molecule has 0 heterocycles. The lowest BCUT2D eigenvalue weighted by molar-refractivity contribution is -0.384. The van der Waals surface area contributed by atoms with Crippen molar-refractivity contribution >= 4 is 27.5 Å². The first kappa shape index (κ1) is 21.8. The Morgan fingerprint density at radius 2 is 1.67 bits per heavy atom. The molecule has 0 spiro atoms. The molecular weight excluding hydrogens is 361 g/mol. The van der Waals surface area contributed by atoms with Gasteiger partial charge in [0.25, 0.3) is 0 Å². The van der Waals surface area contributed by atoms with Gasteiger partial charge in [0, 0.05) is 12.1 Å². The van der Waals surface area contributed by atoms with E-state index >= 15 is 0 Å². The number of carboxylic acids is 1. The first-order valence-corrected chi connectivity index (χ1v) is 7.25. The molecule has 0 aromatic heterocycles. The number of halogens is 3. The highest BCUT2D eigenvalue weighted by Crippen LogP contribution is 2.30. The van der Waals surface area contributed by atoms with Crippen molar-refractivity contribution in [3.63, 3.8) is 0 Å². The summed E-state index contributed by atoms with van der Waals surface area (Å²) in [5.74, 6) is -1.17. The van der Waals surface area contributed by atoms with Gasteiger partial charge in [-0.25, -0.2) is 13.2 Å². The van der Waals surface area contributed by atoms with E-state index in [1.165, 1.54) is 12.1 Å². The molecule has 0 saturated heterocycles. The van der Waals surface area contributed by atoms with Gasteiger partial charge in [0.05, 0.1) is 31.6 Å². The molecule has 1 aromatic rings. The predicted octanol–water partition coefficient (Wildman–Crippen LogP) is 1.54. The maximum atomic E-state index is 10.8. The Morgan fingerprint density at radius 3 is 1.92 bits per heavy atom. The van der Waals surface area contributed by atoms with E-state index in [0.29, 0.717) is 5.69 Å². The second-order valence-corrected chi connectivity index (χ2v) is 6.55. The number of benzene rings is 1. The number of nitro groups is 1. The zero-order valence-corrected chi connectivity index (χ0v) is 13.4. The van der Waals surface area contributed by atoms with Crippen LogP contribution in [-0.2, 0) is 10.1 Å². The number of nitrogens with zero attached hydrogens (tertiary/aromatic N) is 2. The molecular formula is C11H13F3N2O7S. The van der Waals surface area contributed by atoms with Crippen molar-refractivity contribution < 1.29 is 41.0 Å². The Hall–Kier alpha value is -2.25. The fraction of sp³-hybridized carbons (Fsp3) is 0.364. The summed E-state index contributed by atoms with van der Waals surface area (Å²) in [6.07, 6.45) is 0. The van der Waals surface area contributed by atoms with Crippen LogP contribution < -0.4 is 4.48 Å². The molecule has 0 bridgehead atoms. The molecule has 1 rings (SSSR count). The molecule has 0 radical (unpaired) electrons. The molecule has 0 aliphatic rings. The molecule has 0 unspecified atom stereocenters. The van der Waals surface area contributed by atoms with Crippen LogP contribution in [-0.4, -0.2) is 55.6 Å². The summed E-state index contributed by atoms with van der Waals surface area (Å²) in [5.41, 5.74) is -5.43. The Kier molecular flexibility index (Phi) is 6.44. The number of alkyl halides is 3. The third kappa shape index (κ3) is 6.10. The standard InChI is InChI=1S/C10H12N2O4.CHF3O3S/c1-12(2,3)9-5-4-7(10(13)14)6-8(9)11(15)16;2-1(3,4)8(5,6)7/h4-6H,1-3H3;(H,5,6,7). The van der Waals surface area contributed by atoms with Crippen molar-refractivity contribution in [2.24, 2.45) is 0 Å². The van der Waals surface area contributed by atoms with E-state index < -0.39 is 26.5 Å². The monoisotopic (exact) mass is 374 g/mol. The van der Waals surface area contributed by atoms with Crippen LogP contribution in [0.5, 0.6) is 0 Å². The number of aromatic carboxylic acids is 1. The van der Waals surface area contributed by atoms with Gasteiger partial charge in [0.2, 0.25) is 5.69 Å². The van der Waals surface area contributed by atoms with Crippen molar-refractivity contribution in [3.05, 3.63) is 33.9 Å². The van der Waals surface area contributed by atoms with Crippen LogP contribution in [0.3, 0.4) is 0 Å². The SMILES string of the molecule is C[N+](C)(C)c1ccc(C(=O)O)cc1[N+](=O)[O-].O=S(=O)([O-])C(F)(F)F. The lowest BCUT2D eigenvalue weighted by Gasteiger charge is -2.22. The quantitative estimate of drug-likeness (QED) is 0.278. The van der Waals surface area contributed by atoms with Crippen LogP contribution in [0.1, 0.15) is 10.4 Å². The fourth-order valence-electron chi connectivity index (χ4n) is 1.37. The van der Waals surface area contributed by atoms with Crippen LogP contribution >= 0.6 is 0 Å². The molecule has 0 saturated carbocycles. The second-order valence-electron chi connectivity index (χ2n) is 5.18. The molecule has 0 atom stereocenters. The largest absolute Gasteiger partial charge is 0.741 e. The van der Waals surface area contributed by atoms with Crippen molar-refractivity contribution in [2.45, 2.75) is 5.51 Å². The maximum absolute atomic E-state index is 10.8. The summed E-state index contributed by atoms with van der Waals surface area (Å²) in [4.78, 5) is 21.0. The summed E-state index contributed by atoms with van der Waals surface area (Å²) in [6.45, 7) is 0. The number of carbonyl (C=O) groups is 1. The van der Waals surface area contributed by atoms with Crippen LogP contribution in [0.4, 0.5) is 24.5 Å². The predicted molar refractivity (Wildman–Crippen MR) is 75.4 cm³/mol. The molecule has 1 aromatic carbocycles. The van der Waals surface area contributed by atoms with Gasteiger partial charge in [-0.05, 0) is 6.07 Å². The first-order chi connectivity index (χ1) is 10.5. The minimum absolute atomic E-state index is 0.0797. The molecule has 24 heavy (non-hydrogen) atoms. The molecule has 13 heteroatoms. The molecule has 9 nitrogen and oxygen atoms in total. The molecule has 136 valence electrons. The number of hydrogen-bond acceptors (Lipinski definition) is 6. The Bertz CT molecular complexity index is 739. The number of quaternary nitrogens is 1. The summed E-state index contributed by atoms with van der Waals surface area (Å²) >= 11 is 0. The van der Waals surface area contributed by atoms with Gasteiger partial charge in [0.1, 0.15) is 0 Å². The maximum Gasteiger partial charge on any atom is 0.485 e. The van der Waals surface area contributed by atoms with E-state index in [9.17, 15) is 28.1 Å². The highest BCUT2D eigenvalue weighted by atomic mass is 32.2. The minimum atomic E-state index is -6.09. The molecule has 0 amide bonds. The van der Waals surface area contributed by atoms with Crippen molar-refractivity contribution in [1.82, 2.24) is 4.48 Å². The summed E-state index contributed by atoms with van der Waals surface area (Å²) in [7, 11) is -0.749. The lowest BCUT2D eigenvalue weighted by atomic mass is 10.1. The van der Waals surface area contributed by atoms with E-state index in [-0.39, 0.29) is 15.7 Å². The minimum Gasteiger partial charge on any atom is -0.741 e. The Balaban J connectivity index is 0.000000561. The Morgan fingerprint density at radius 1 is 1.25 bits per heavy atom. The third-order valence-corrected chi connectivity index (χ3v) is 2.99. The van der Waals surface area contributed by atoms with E-state index in [1.807, 2.05) is 0 Å². The first-order valence-electron chi connectivity index (χ1n) is 5.84. The number of hydrogen-bond donors (Lipinski definition) is 1. The summed E-state index contributed by atoms with van der Waals surface area (Å²) in [5, 5.41) is 19.6. The number of carboxylic acid groups (broad SMARTS) is 1. The second kappa shape index (κ2) is 7.11. The highest BCUT2D eigenvalue weighted by molar-refractivity contribution is 7.86. The van der Waals surface area contributed by atoms with E-state index in [2.05, 4.69) is 0 Å².